The fourth-order valence-electron chi connectivity index (χ4n) is 0.501. The standard InChI is InChI=1S/C5H6ClNOS/c1-3-5(8)4(2-6)7-9-3/h8H,2H2,1H3. The summed E-state index contributed by atoms with van der Waals surface area (Å²) in [5.41, 5.74) is 0.583. The van der Waals surface area contributed by atoms with E-state index in [0.29, 0.717) is 5.69 Å². The first kappa shape index (κ1) is 6.83. The molecular formula is C5H6ClNOS. The van der Waals surface area contributed by atoms with Crippen molar-refractivity contribution >= 4 is 23.1 Å². The lowest BCUT2D eigenvalue weighted by molar-refractivity contribution is 0.468. The van der Waals surface area contributed by atoms with Gasteiger partial charge < -0.3 is 5.11 Å². The number of halogens is 1. The van der Waals surface area contributed by atoms with Gasteiger partial charge in [-0.15, -0.1) is 11.6 Å². The van der Waals surface area contributed by atoms with E-state index in [1.165, 1.54) is 11.5 Å². The number of nitrogens with zero attached hydrogens (tertiary/aromatic N) is 1. The third-order valence-corrected chi connectivity index (χ3v) is 2.06. The molecule has 0 aliphatic carbocycles. The van der Waals surface area contributed by atoms with Crippen LogP contribution in [0.4, 0.5) is 0 Å². The third kappa shape index (κ3) is 1.17. The van der Waals surface area contributed by atoms with Crippen molar-refractivity contribution in [2.45, 2.75) is 12.8 Å². The van der Waals surface area contributed by atoms with E-state index in [2.05, 4.69) is 4.37 Å². The highest BCUT2D eigenvalue weighted by atomic mass is 35.5. The molecule has 1 aromatic heterocycles. The number of hydrogen-bond donors (Lipinski definition) is 1. The van der Waals surface area contributed by atoms with E-state index in [9.17, 15) is 0 Å². The van der Waals surface area contributed by atoms with E-state index in [0.717, 1.165) is 4.88 Å². The highest BCUT2D eigenvalue weighted by molar-refractivity contribution is 7.06. The zero-order valence-electron chi connectivity index (χ0n) is 4.89. The van der Waals surface area contributed by atoms with Gasteiger partial charge in [-0.1, -0.05) is 0 Å². The Labute approximate surface area is 62.3 Å². The monoisotopic (exact) mass is 163 g/mol. The van der Waals surface area contributed by atoms with E-state index < -0.39 is 0 Å². The fraction of sp³-hybridized carbons (Fsp3) is 0.400. The van der Waals surface area contributed by atoms with E-state index in [4.69, 9.17) is 16.7 Å². The minimum absolute atomic E-state index is 0.245. The van der Waals surface area contributed by atoms with Gasteiger partial charge in [0.1, 0.15) is 5.69 Å². The predicted molar refractivity (Wildman–Crippen MR) is 38.1 cm³/mol. The Morgan fingerprint density at radius 2 is 2.44 bits per heavy atom. The first-order valence-electron chi connectivity index (χ1n) is 2.45. The molecule has 1 N–H and O–H groups in total. The quantitative estimate of drug-likeness (QED) is 0.642. The summed E-state index contributed by atoms with van der Waals surface area (Å²) in [6.07, 6.45) is 0. The summed E-state index contributed by atoms with van der Waals surface area (Å²) in [7, 11) is 0. The van der Waals surface area contributed by atoms with Gasteiger partial charge in [-0.3, -0.25) is 0 Å². The van der Waals surface area contributed by atoms with Crippen molar-refractivity contribution in [1.82, 2.24) is 4.37 Å². The Morgan fingerprint density at radius 3 is 2.67 bits per heavy atom. The molecular weight excluding hydrogens is 158 g/mol. The fourth-order valence-corrected chi connectivity index (χ4v) is 1.36. The van der Waals surface area contributed by atoms with E-state index in [1.54, 1.807) is 0 Å². The Kier molecular flexibility index (Phi) is 1.93. The Bertz CT molecular complexity index is 211. The van der Waals surface area contributed by atoms with Crippen LogP contribution in [0.1, 0.15) is 10.6 Å². The molecule has 0 aromatic carbocycles. The van der Waals surface area contributed by atoms with Crippen molar-refractivity contribution < 1.29 is 5.11 Å². The molecule has 0 bridgehead atoms. The Hall–Kier alpha value is -0.280. The van der Waals surface area contributed by atoms with Gasteiger partial charge in [0.05, 0.1) is 10.8 Å². The number of hydrogen-bond acceptors (Lipinski definition) is 3. The normalized spacial score (nSPS) is 10.0. The van der Waals surface area contributed by atoms with Gasteiger partial charge >= 0.3 is 0 Å². The lowest BCUT2D eigenvalue weighted by Crippen LogP contribution is -1.74. The summed E-state index contributed by atoms with van der Waals surface area (Å²) < 4.78 is 3.89. The van der Waals surface area contributed by atoms with E-state index in [-0.39, 0.29) is 11.6 Å². The average Bonchev–Trinajstić information content (AvgIpc) is 2.15. The van der Waals surface area contributed by atoms with Crippen molar-refractivity contribution in [1.29, 1.82) is 0 Å². The van der Waals surface area contributed by atoms with Crippen molar-refractivity contribution in [2.24, 2.45) is 0 Å². The van der Waals surface area contributed by atoms with Crippen molar-refractivity contribution in [2.75, 3.05) is 0 Å². The second-order valence-corrected chi connectivity index (χ2v) is 2.91. The highest BCUT2D eigenvalue weighted by Crippen LogP contribution is 2.25. The molecule has 0 fully saturated rings. The maximum absolute atomic E-state index is 9.10. The van der Waals surface area contributed by atoms with Crippen molar-refractivity contribution in [3.8, 4) is 5.75 Å². The van der Waals surface area contributed by atoms with Crippen LogP contribution >= 0.6 is 23.1 Å². The largest absolute Gasteiger partial charge is 0.505 e. The molecule has 0 spiro atoms. The van der Waals surface area contributed by atoms with E-state index >= 15 is 0 Å². The van der Waals surface area contributed by atoms with Crippen LogP contribution in [0.25, 0.3) is 0 Å². The first-order valence-corrected chi connectivity index (χ1v) is 3.76. The molecule has 1 aromatic rings. The third-order valence-electron chi connectivity index (χ3n) is 1.03. The summed E-state index contributed by atoms with van der Waals surface area (Å²) in [5.74, 6) is 0.533. The molecule has 0 radical (unpaired) electrons. The van der Waals surface area contributed by atoms with E-state index in [1.807, 2.05) is 6.92 Å². The van der Waals surface area contributed by atoms with Crippen LogP contribution in [0.15, 0.2) is 0 Å². The predicted octanol–water partition coefficient (Wildman–Crippen LogP) is 1.90. The topological polar surface area (TPSA) is 33.1 Å². The van der Waals surface area contributed by atoms with Gasteiger partial charge in [0.2, 0.25) is 0 Å². The highest BCUT2D eigenvalue weighted by Gasteiger charge is 2.05. The molecule has 2 nitrogen and oxygen atoms in total. The van der Waals surface area contributed by atoms with Gasteiger partial charge in [-0.25, -0.2) is 0 Å². The molecule has 0 aliphatic rings. The van der Waals surface area contributed by atoms with Crippen LogP contribution < -0.4 is 0 Å². The van der Waals surface area contributed by atoms with Crippen LogP contribution in [-0.4, -0.2) is 9.48 Å². The zero-order chi connectivity index (χ0) is 6.85. The molecule has 0 amide bonds. The summed E-state index contributed by atoms with van der Waals surface area (Å²) >= 11 is 6.70. The van der Waals surface area contributed by atoms with Crippen molar-refractivity contribution in [3.05, 3.63) is 10.6 Å². The number of aromatic nitrogens is 1. The van der Waals surface area contributed by atoms with Gasteiger partial charge in [-0.2, -0.15) is 4.37 Å². The molecule has 1 rings (SSSR count). The van der Waals surface area contributed by atoms with Crippen molar-refractivity contribution in [3.63, 3.8) is 0 Å². The Balaban J connectivity index is 3.04. The van der Waals surface area contributed by atoms with Gasteiger partial charge in [0.25, 0.3) is 0 Å². The molecule has 0 saturated carbocycles. The number of alkyl halides is 1. The molecule has 50 valence electrons. The minimum Gasteiger partial charge on any atom is -0.505 e. The first-order chi connectivity index (χ1) is 4.25. The number of rotatable bonds is 1. The maximum Gasteiger partial charge on any atom is 0.153 e. The SMILES string of the molecule is Cc1snc(CCl)c1O. The van der Waals surface area contributed by atoms with Crippen LogP contribution in [0, 0.1) is 6.92 Å². The van der Waals surface area contributed by atoms with Crippen LogP contribution in [0.5, 0.6) is 5.75 Å². The van der Waals surface area contributed by atoms with Gasteiger partial charge in [-0.05, 0) is 18.5 Å². The molecule has 0 saturated heterocycles. The Morgan fingerprint density at radius 1 is 1.78 bits per heavy atom. The van der Waals surface area contributed by atoms with Crippen LogP contribution in [-0.2, 0) is 5.88 Å². The molecule has 1 heterocycles. The second kappa shape index (κ2) is 2.54. The lowest BCUT2D eigenvalue weighted by Gasteiger charge is -1.86. The molecule has 0 unspecified atom stereocenters. The van der Waals surface area contributed by atoms with Crippen LogP contribution in [0.2, 0.25) is 0 Å². The molecule has 0 aliphatic heterocycles. The lowest BCUT2D eigenvalue weighted by atomic mass is 10.4. The smallest absolute Gasteiger partial charge is 0.153 e. The number of aromatic hydroxyl groups is 1. The summed E-state index contributed by atoms with van der Waals surface area (Å²) in [6, 6.07) is 0. The van der Waals surface area contributed by atoms with Crippen LogP contribution in [0.3, 0.4) is 0 Å². The summed E-state index contributed by atoms with van der Waals surface area (Å²) in [6.45, 7) is 1.81. The summed E-state index contributed by atoms with van der Waals surface area (Å²) in [4.78, 5) is 0.825. The average molecular weight is 164 g/mol. The minimum atomic E-state index is 0.245. The maximum atomic E-state index is 9.10. The summed E-state index contributed by atoms with van der Waals surface area (Å²) in [5, 5.41) is 9.10. The van der Waals surface area contributed by atoms with Gasteiger partial charge in [0.15, 0.2) is 5.75 Å². The van der Waals surface area contributed by atoms with Gasteiger partial charge in [0, 0.05) is 0 Å². The molecule has 0 atom stereocenters. The molecule has 9 heavy (non-hydrogen) atoms. The number of aryl methyl sites for hydroxylation is 1. The zero-order valence-corrected chi connectivity index (χ0v) is 6.46. The second-order valence-electron chi connectivity index (χ2n) is 1.67. The molecule has 4 heteroatoms.